The first kappa shape index (κ1) is 53.9. The van der Waals surface area contributed by atoms with Crippen LogP contribution in [0.5, 0.6) is 5.75 Å². The number of carbonyl (C=O) groups is 6. The van der Waals surface area contributed by atoms with Crippen LogP contribution in [0.1, 0.15) is 127 Å². The van der Waals surface area contributed by atoms with Crippen LogP contribution in [0.4, 0.5) is 0 Å². The smallest absolute Gasteiger partial charge is 0.307 e. The van der Waals surface area contributed by atoms with E-state index < -0.39 is 62.2 Å². The number of phenolic OH excluding ortho intramolecular Hbond substituents is 1. The molecule has 2 aromatic rings. The molecule has 0 spiro atoms. The van der Waals surface area contributed by atoms with Crippen molar-refractivity contribution in [1.29, 1.82) is 0 Å². The first-order chi connectivity index (χ1) is 30.1. The summed E-state index contributed by atoms with van der Waals surface area (Å²) in [6.07, 6.45) is 3.53. The fourth-order valence-electron chi connectivity index (χ4n) is 7.75. The standard InChI is InChI=1S/C46H74N6O10SSi/c1-11-15-40(55)61-28-52(46(59)41(30(5)12-2)50-44(58)37-16-13-14-22-51(37)8)38(29(3)4)26-39(62-32(7)53)45-49-36(27-63-45)43(57)48-34(25-33-17-19-35(54)20-18-33)24-31(6)42(56)47-21-23-64(9,10)60/h17-20,27,29-31,34,37-39,41,54,60H,11-16,21-26,28H2,1-10H3,(H,47,56)(H,48,57)(H,50,58)/t30?,31-,34+,37+,38+,39+,41-/m0/s1. The van der Waals surface area contributed by atoms with Crippen molar-refractivity contribution in [3.63, 3.8) is 0 Å². The van der Waals surface area contributed by atoms with Gasteiger partial charge in [-0.3, -0.25) is 33.7 Å². The molecule has 0 bridgehead atoms. The zero-order chi connectivity index (χ0) is 47.7. The van der Waals surface area contributed by atoms with Crippen molar-refractivity contribution < 1.29 is 48.1 Å². The molecule has 1 saturated heterocycles. The molecule has 2 heterocycles. The molecule has 3 rings (SSSR count). The van der Waals surface area contributed by atoms with Gasteiger partial charge in [0, 0.05) is 49.7 Å². The van der Waals surface area contributed by atoms with Gasteiger partial charge in [0.05, 0.1) is 6.04 Å². The number of likely N-dealkylation sites (N-methyl/N-ethyl adjacent to an activating group) is 1. The molecule has 1 aliphatic heterocycles. The molecule has 1 fully saturated rings. The van der Waals surface area contributed by atoms with E-state index in [2.05, 4.69) is 20.9 Å². The van der Waals surface area contributed by atoms with Crippen molar-refractivity contribution in [2.45, 2.75) is 156 Å². The number of phenols is 1. The Hall–Kier alpha value is -4.39. The normalized spacial score (nSPS) is 17.3. The van der Waals surface area contributed by atoms with Crippen LogP contribution in [-0.2, 0) is 39.9 Å². The maximum Gasteiger partial charge on any atom is 0.307 e. The van der Waals surface area contributed by atoms with E-state index in [1.54, 1.807) is 49.7 Å². The number of hydrogen-bond donors (Lipinski definition) is 5. The molecule has 18 heteroatoms. The number of carbonyl (C=O) groups excluding carboxylic acids is 6. The number of piperidine rings is 1. The Labute approximate surface area is 384 Å². The zero-order valence-corrected chi connectivity index (χ0v) is 41.4. The van der Waals surface area contributed by atoms with Gasteiger partial charge in [0.1, 0.15) is 22.5 Å². The van der Waals surface area contributed by atoms with Crippen molar-refractivity contribution in [2.24, 2.45) is 17.8 Å². The average molecular weight is 931 g/mol. The number of aromatic nitrogens is 1. The first-order valence-corrected chi connectivity index (χ1v) is 26.8. The topological polar surface area (TPSA) is 217 Å². The Morgan fingerprint density at radius 2 is 1.70 bits per heavy atom. The van der Waals surface area contributed by atoms with Gasteiger partial charge in [0.25, 0.3) is 5.91 Å². The summed E-state index contributed by atoms with van der Waals surface area (Å²) < 4.78 is 11.6. The number of thiazole rings is 1. The fraction of sp³-hybridized carbons (Fsp3) is 0.674. The molecule has 1 aromatic heterocycles. The molecular weight excluding hydrogens is 857 g/mol. The van der Waals surface area contributed by atoms with Crippen LogP contribution >= 0.6 is 11.3 Å². The number of nitrogens with one attached hydrogen (secondary N) is 3. The monoisotopic (exact) mass is 930 g/mol. The van der Waals surface area contributed by atoms with E-state index in [9.17, 15) is 38.7 Å². The molecular formula is C46H74N6O10SSi. The van der Waals surface area contributed by atoms with Gasteiger partial charge < -0.3 is 40.2 Å². The fourth-order valence-corrected chi connectivity index (χ4v) is 9.32. The second kappa shape index (κ2) is 25.9. The lowest BCUT2D eigenvalue weighted by molar-refractivity contribution is -0.160. The lowest BCUT2D eigenvalue weighted by Crippen LogP contribution is -2.59. The summed E-state index contributed by atoms with van der Waals surface area (Å²) in [6.45, 7) is 16.9. The zero-order valence-electron chi connectivity index (χ0n) is 39.6. The number of esters is 2. The molecule has 4 amide bonds. The highest BCUT2D eigenvalue weighted by atomic mass is 32.1. The van der Waals surface area contributed by atoms with Crippen molar-refractivity contribution >= 4 is 55.2 Å². The molecule has 358 valence electrons. The minimum Gasteiger partial charge on any atom is -0.508 e. The molecule has 0 aliphatic carbocycles. The van der Waals surface area contributed by atoms with Crippen molar-refractivity contribution in [3.05, 3.63) is 45.9 Å². The molecule has 0 saturated carbocycles. The van der Waals surface area contributed by atoms with Crippen LogP contribution in [0.2, 0.25) is 19.1 Å². The number of likely N-dealkylation sites (tertiary alicyclic amines) is 1. The summed E-state index contributed by atoms with van der Waals surface area (Å²) in [7, 11) is -0.452. The van der Waals surface area contributed by atoms with Gasteiger partial charge in [-0.2, -0.15) is 0 Å². The van der Waals surface area contributed by atoms with Crippen LogP contribution in [-0.4, -0.2) is 120 Å². The van der Waals surface area contributed by atoms with E-state index in [0.717, 1.165) is 36.3 Å². The summed E-state index contributed by atoms with van der Waals surface area (Å²) in [5.41, 5.74) is 0.892. The first-order valence-electron chi connectivity index (χ1n) is 22.8. The van der Waals surface area contributed by atoms with Gasteiger partial charge in [0.15, 0.2) is 21.2 Å². The third-order valence-corrected chi connectivity index (χ3v) is 14.2. The third-order valence-electron chi connectivity index (χ3n) is 11.8. The maximum absolute atomic E-state index is 14.8. The second-order valence-electron chi connectivity index (χ2n) is 18.3. The highest BCUT2D eigenvalue weighted by molar-refractivity contribution is 7.09. The summed E-state index contributed by atoms with van der Waals surface area (Å²) >= 11 is 1.12. The second-order valence-corrected chi connectivity index (χ2v) is 23.3. The van der Waals surface area contributed by atoms with Gasteiger partial charge in [-0.05, 0) is 94.4 Å². The summed E-state index contributed by atoms with van der Waals surface area (Å²) in [6, 6.07) is 4.60. The maximum atomic E-state index is 14.8. The van der Waals surface area contributed by atoms with E-state index in [1.165, 1.54) is 11.8 Å². The molecule has 16 nitrogen and oxygen atoms in total. The highest BCUT2D eigenvalue weighted by Gasteiger charge is 2.39. The quantitative estimate of drug-likeness (QED) is 0.0461. The molecule has 7 atom stereocenters. The molecule has 0 radical (unpaired) electrons. The number of benzene rings is 1. The largest absolute Gasteiger partial charge is 0.508 e. The predicted molar refractivity (Wildman–Crippen MR) is 249 cm³/mol. The minimum atomic E-state index is -2.36. The molecule has 64 heavy (non-hydrogen) atoms. The van der Waals surface area contributed by atoms with Gasteiger partial charge in [-0.1, -0.05) is 66.5 Å². The van der Waals surface area contributed by atoms with Crippen LogP contribution < -0.4 is 16.0 Å². The van der Waals surface area contributed by atoms with Gasteiger partial charge in [0.2, 0.25) is 17.7 Å². The van der Waals surface area contributed by atoms with Crippen LogP contribution in [0.25, 0.3) is 0 Å². The number of ether oxygens (including phenoxy) is 2. The molecule has 5 N–H and O–H groups in total. The Bertz CT molecular complexity index is 1840. The van der Waals surface area contributed by atoms with Crippen LogP contribution in [0, 0.1) is 17.8 Å². The minimum absolute atomic E-state index is 0.0431. The summed E-state index contributed by atoms with van der Waals surface area (Å²) in [5.74, 6) is -3.38. The number of nitrogens with zero attached hydrogens (tertiary/aromatic N) is 3. The van der Waals surface area contributed by atoms with Gasteiger partial charge in [-0.15, -0.1) is 11.3 Å². The number of amides is 4. The lowest BCUT2D eigenvalue weighted by Gasteiger charge is -2.39. The number of rotatable bonds is 25. The van der Waals surface area contributed by atoms with Gasteiger partial charge >= 0.3 is 11.9 Å². The van der Waals surface area contributed by atoms with E-state index in [1.807, 2.05) is 46.6 Å². The average Bonchev–Trinajstić information content (AvgIpc) is 3.73. The Balaban J connectivity index is 1.93. The SMILES string of the molecule is CCCC(=O)OCN(C(=O)[C@@H](NC(=O)[C@H]1CCCCN1C)C(C)CC)[C@H](C[C@@H](OC(C)=O)c1nc(C(=O)N[C@@H](Cc2ccc(O)cc2)C[C@H](C)C(=O)NCC[Si](C)(C)O)cs1)C(C)C. The number of aromatic hydroxyl groups is 1. The predicted octanol–water partition coefficient (Wildman–Crippen LogP) is 5.69. The van der Waals surface area contributed by atoms with E-state index in [4.69, 9.17) is 9.47 Å². The molecule has 1 unspecified atom stereocenters. The van der Waals surface area contributed by atoms with E-state index in [-0.39, 0.29) is 67.1 Å². The van der Waals surface area contributed by atoms with Crippen LogP contribution in [0.3, 0.4) is 0 Å². The van der Waals surface area contributed by atoms with E-state index in [0.29, 0.717) is 43.3 Å². The van der Waals surface area contributed by atoms with Crippen LogP contribution in [0.15, 0.2) is 29.6 Å². The van der Waals surface area contributed by atoms with Crippen molar-refractivity contribution in [1.82, 2.24) is 30.7 Å². The Morgan fingerprint density at radius 1 is 1.02 bits per heavy atom. The number of hydrogen-bond acceptors (Lipinski definition) is 13. The third kappa shape index (κ3) is 17.5. The van der Waals surface area contributed by atoms with Crippen molar-refractivity contribution in [3.8, 4) is 5.75 Å². The summed E-state index contributed by atoms with van der Waals surface area (Å²) in [4.78, 5) is 99.4. The summed E-state index contributed by atoms with van der Waals surface area (Å²) in [5, 5.41) is 20.7. The van der Waals surface area contributed by atoms with E-state index >= 15 is 0 Å². The Kier molecular flexibility index (Phi) is 21.9. The molecule has 1 aliphatic rings. The van der Waals surface area contributed by atoms with Crippen molar-refractivity contribution in [2.75, 3.05) is 26.9 Å². The Morgan fingerprint density at radius 3 is 2.30 bits per heavy atom. The van der Waals surface area contributed by atoms with Gasteiger partial charge in [-0.25, -0.2) is 4.98 Å². The molecule has 1 aromatic carbocycles. The highest BCUT2D eigenvalue weighted by Crippen LogP contribution is 2.32. The lowest BCUT2D eigenvalue weighted by atomic mass is 9.92.